The Morgan fingerprint density at radius 1 is 0.682 bits per heavy atom. The van der Waals surface area contributed by atoms with E-state index in [4.69, 9.17) is 14.8 Å². The van der Waals surface area contributed by atoms with Crippen LogP contribution in [-0.4, -0.2) is 19.3 Å². The van der Waals surface area contributed by atoms with Crippen molar-refractivity contribution in [3.63, 3.8) is 0 Å². The zero-order chi connectivity index (χ0) is 30.6. The lowest BCUT2D eigenvalue weighted by Crippen LogP contribution is -2.12. The molecule has 0 atom stereocenters. The number of benzene rings is 4. The zero-order valence-electron chi connectivity index (χ0n) is 26.1. The number of hydrogen-bond acceptors (Lipinski definition) is 3. The predicted molar refractivity (Wildman–Crippen MR) is 181 cm³/mol. The molecule has 218 valence electrons. The van der Waals surface area contributed by atoms with Gasteiger partial charge < -0.3 is 4.74 Å². The van der Waals surface area contributed by atoms with E-state index in [9.17, 15) is 0 Å². The summed E-state index contributed by atoms with van der Waals surface area (Å²) in [4.78, 5) is 4.81. The number of fused-ring (bicyclic) bond motifs is 3. The van der Waals surface area contributed by atoms with Gasteiger partial charge in [-0.25, -0.2) is 9.67 Å². The summed E-state index contributed by atoms with van der Waals surface area (Å²) in [5.74, 6) is 2.41. The average molecular weight is 577 g/mol. The van der Waals surface area contributed by atoms with Gasteiger partial charge in [-0.05, 0) is 79.8 Å². The van der Waals surface area contributed by atoms with E-state index >= 15 is 0 Å². The first kappa shape index (κ1) is 27.7. The first-order valence-electron chi connectivity index (χ1n) is 15.1. The Balaban J connectivity index is 1.28. The maximum Gasteiger partial charge on any atom is 0.137 e. The molecule has 3 aromatic heterocycles. The average Bonchev–Trinajstić information content (AvgIpc) is 3.50. The van der Waals surface area contributed by atoms with Crippen LogP contribution in [0.15, 0.2) is 109 Å². The van der Waals surface area contributed by atoms with Crippen LogP contribution in [0.4, 0.5) is 0 Å². The standard InChI is InChI=1S/C39H36N4O/c1-25-14-16-28(17-15-25)38-26(2)41-43(27(38)3)30-10-9-11-31(23-30)44-32-18-19-34-33-12-7-8-13-35(33)42(36(34)24-32)37-22-29(20-21-40-37)39(4,5)6/h7-24H,1-6H3. The fraction of sp³-hybridized carbons (Fsp3) is 0.179. The third-order valence-corrected chi connectivity index (χ3v) is 8.42. The van der Waals surface area contributed by atoms with Crippen LogP contribution >= 0.6 is 0 Å². The molecule has 7 aromatic rings. The van der Waals surface area contributed by atoms with Crippen LogP contribution in [0.5, 0.6) is 11.5 Å². The van der Waals surface area contributed by atoms with E-state index in [1.807, 2.05) is 35.1 Å². The second-order valence-corrected chi connectivity index (χ2v) is 12.6. The van der Waals surface area contributed by atoms with Crippen molar-refractivity contribution in [2.24, 2.45) is 0 Å². The highest BCUT2D eigenvalue weighted by atomic mass is 16.5. The largest absolute Gasteiger partial charge is 0.457 e. The van der Waals surface area contributed by atoms with Crippen molar-refractivity contribution >= 4 is 21.8 Å². The molecular weight excluding hydrogens is 540 g/mol. The van der Waals surface area contributed by atoms with E-state index in [1.54, 1.807) is 0 Å². The monoisotopic (exact) mass is 576 g/mol. The minimum Gasteiger partial charge on any atom is -0.457 e. The van der Waals surface area contributed by atoms with Crippen molar-refractivity contribution in [1.29, 1.82) is 0 Å². The lowest BCUT2D eigenvalue weighted by molar-refractivity contribution is 0.482. The molecule has 4 aromatic carbocycles. The SMILES string of the molecule is Cc1ccc(-c2c(C)nn(-c3cccc(Oc4ccc5c6ccccc6n(-c6cc(C(C)(C)C)ccn6)c5c4)c3)c2C)cc1. The van der Waals surface area contributed by atoms with E-state index in [0.717, 1.165) is 50.8 Å². The molecule has 0 radical (unpaired) electrons. The number of rotatable bonds is 5. The van der Waals surface area contributed by atoms with E-state index in [0.29, 0.717) is 0 Å². The van der Waals surface area contributed by atoms with Gasteiger partial charge in [0, 0.05) is 40.4 Å². The Morgan fingerprint density at radius 2 is 1.43 bits per heavy atom. The normalized spacial score (nSPS) is 11.9. The lowest BCUT2D eigenvalue weighted by Gasteiger charge is -2.20. The molecule has 0 amide bonds. The van der Waals surface area contributed by atoms with E-state index in [2.05, 4.69) is 125 Å². The zero-order valence-corrected chi connectivity index (χ0v) is 26.1. The summed E-state index contributed by atoms with van der Waals surface area (Å²) in [5, 5.41) is 7.26. The molecule has 0 spiro atoms. The highest BCUT2D eigenvalue weighted by molar-refractivity contribution is 6.09. The number of para-hydroxylation sites is 1. The van der Waals surface area contributed by atoms with Gasteiger partial charge in [-0.3, -0.25) is 4.57 Å². The summed E-state index contributed by atoms with van der Waals surface area (Å²) in [5.41, 5.74) is 10.1. The van der Waals surface area contributed by atoms with Gasteiger partial charge in [0.1, 0.15) is 17.3 Å². The molecule has 0 unspecified atom stereocenters. The number of aryl methyl sites for hydroxylation is 2. The minimum atomic E-state index is 0.0160. The summed E-state index contributed by atoms with van der Waals surface area (Å²) < 4.78 is 10.8. The molecule has 0 saturated carbocycles. The van der Waals surface area contributed by atoms with Gasteiger partial charge in [0.25, 0.3) is 0 Å². The maximum absolute atomic E-state index is 6.51. The number of nitrogens with zero attached hydrogens (tertiary/aromatic N) is 4. The smallest absolute Gasteiger partial charge is 0.137 e. The Bertz CT molecular complexity index is 2160. The molecule has 0 N–H and O–H groups in total. The molecule has 0 aliphatic heterocycles. The Labute approximate surface area is 258 Å². The highest BCUT2D eigenvalue weighted by Crippen LogP contribution is 2.36. The molecule has 0 saturated heterocycles. The van der Waals surface area contributed by atoms with Gasteiger partial charge in [0.15, 0.2) is 0 Å². The second kappa shape index (κ2) is 10.5. The Morgan fingerprint density at radius 3 is 2.23 bits per heavy atom. The highest BCUT2D eigenvalue weighted by Gasteiger charge is 2.19. The van der Waals surface area contributed by atoms with Crippen molar-refractivity contribution < 1.29 is 4.74 Å². The van der Waals surface area contributed by atoms with Gasteiger partial charge in [-0.1, -0.05) is 74.9 Å². The summed E-state index contributed by atoms with van der Waals surface area (Å²) in [6, 6.07) is 35.9. The van der Waals surface area contributed by atoms with Crippen LogP contribution in [-0.2, 0) is 5.41 Å². The van der Waals surface area contributed by atoms with Gasteiger partial charge >= 0.3 is 0 Å². The van der Waals surface area contributed by atoms with E-state index in [1.165, 1.54) is 27.6 Å². The van der Waals surface area contributed by atoms with E-state index < -0.39 is 0 Å². The van der Waals surface area contributed by atoms with Gasteiger partial charge in [-0.15, -0.1) is 0 Å². The van der Waals surface area contributed by atoms with Crippen LogP contribution in [0.1, 0.15) is 43.3 Å². The van der Waals surface area contributed by atoms with Crippen molar-refractivity contribution in [2.75, 3.05) is 0 Å². The fourth-order valence-electron chi connectivity index (χ4n) is 6.11. The molecule has 3 heterocycles. The summed E-state index contributed by atoms with van der Waals surface area (Å²) in [6.07, 6.45) is 1.91. The molecular formula is C39H36N4O. The van der Waals surface area contributed by atoms with Crippen molar-refractivity contribution in [1.82, 2.24) is 19.3 Å². The number of ether oxygens (including phenoxy) is 1. The van der Waals surface area contributed by atoms with Crippen molar-refractivity contribution in [3.8, 4) is 34.1 Å². The van der Waals surface area contributed by atoms with Gasteiger partial charge in [-0.2, -0.15) is 5.10 Å². The van der Waals surface area contributed by atoms with Crippen LogP contribution in [0, 0.1) is 20.8 Å². The third kappa shape index (κ3) is 4.84. The fourth-order valence-corrected chi connectivity index (χ4v) is 6.11. The second-order valence-electron chi connectivity index (χ2n) is 12.6. The van der Waals surface area contributed by atoms with E-state index in [-0.39, 0.29) is 5.41 Å². The van der Waals surface area contributed by atoms with Gasteiger partial charge in [0.2, 0.25) is 0 Å². The summed E-state index contributed by atoms with van der Waals surface area (Å²) >= 11 is 0. The molecule has 7 rings (SSSR count). The van der Waals surface area contributed by atoms with Crippen LogP contribution in [0.25, 0.3) is 44.4 Å². The van der Waals surface area contributed by atoms with Crippen LogP contribution < -0.4 is 4.74 Å². The molecule has 0 fully saturated rings. The lowest BCUT2D eigenvalue weighted by atomic mass is 9.88. The van der Waals surface area contributed by atoms with Crippen LogP contribution in [0.2, 0.25) is 0 Å². The van der Waals surface area contributed by atoms with Gasteiger partial charge in [0.05, 0.1) is 22.4 Å². The summed E-state index contributed by atoms with van der Waals surface area (Å²) in [6.45, 7) is 13.0. The number of hydrogen-bond donors (Lipinski definition) is 0. The Kier molecular flexibility index (Phi) is 6.62. The van der Waals surface area contributed by atoms with Crippen LogP contribution in [0.3, 0.4) is 0 Å². The number of aromatic nitrogens is 4. The molecule has 0 bridgehead atoms. The molecule has 0 aliphatic carbocycles. The first-order chi connectivity index (χ1) is 21.2. The topological polar surface area (TPSA) is 44.9 Å². The van der Waals surface area contributed by atoms with Crippen molar-refractivity contribution in [3.05, 3.63) is 132 Å². The van der Waals surface area contributed by atoms with Crippen molar-refractivity contribution in [2.45, 2.75) is 47.0 Å². The molecule has 5 nitrogen and oxygen atoms in total. The molecule has 0 aliphatic rings. The number of pyridine rings is 1. The third-order valence-electron chi connectivity index (χ3n) is 8.42. The Hall–Kier alpha value is -5.16. The molecule has 5 heteroatoms. The maximum atomic E-state index is 6.51. The first-order valence-corrected chi connectivity index (χ1v) is 15.1. The predicted octanol–water partition coefficient (Wildman–Crippen LogP) is 10.0. The minimum absolute atomic E-state index is 0.0160. The molecule has 44 heavy (non-hydrogen) atoms. The quantitative estimate of drug-likeness (QED) is 0.205. The summed E-state index contributed by atoms with van der Waals surface area (Å²) in [7, 11) is 0.